The van der Waals surface area contributed by atoms with Crippen LogP contribution >= 0.6 is 0 Å². The Morgan fingerprint density at radius 3 is 2.86 bits per heavy atom. The van der Waals surface area contributed by atoms with E-state index in [0.717, 1.165) is 13.0 Å². The summed E-state index contributed by atoms with van der Waals surface area (Å²) in [4.78, 5) is 2.45. The van der Waals surface area contributed by atoms with Crippen LogP contribution in [-0.4, -0.2) is 29.6 Å². The van der Waals surface area contributed by atoms with Crippen molar-refractivity contribution < 1.29 is 0 Å². The first kappa shape index (κ1) is 11.5. The largest absolute Gasteiger partial charge is 0.314 e. The molecule has 0 aromatic rings. The van der Waals surface area contributed by atoms with Gasteiger partial charge in [0, 0.05) is 12.6 Å². The number of piperidine rings is 1. The van der Waals surface area contributed by atoms with Gasteiger partial charge in [-0.15, -0.1) is 0 Å². The van der Waals surface area contributed by atoms with Crippen LogP contribution in [0.3, 0.4) is 0 Å². The van der Waals surface area contributed by atoms with Gasteiger partial charge in [-0.25, -0.2) is 0 Å². The van der Waals surface area contributed by atoms with Gasteiger partial charge in [0.1, 0.15) is 5.54 Å². The lowest BCUT2D eigenvalue weighted by atomic mass is 9.98. The molecule has 0 spiro atoms. The molecule has 1 saturated heterocycles. The number of likely N-dealkylation sites (tertiary alicyclic amines) is 1. The van der Waals surface area contributed by atoms with Crippen LogP contribution < -0.4 is 5.73 Å². The zero-order valence-electron chi connectivity index (χ0n) is 9.29. The molecule has 0 amide bonds. The summed E-state index contributed by atoms with van der Waals surface area (Å²) in [7, 11) is 0. The van der Waals surface area contributed by atoms with Gasteiger partial charge < -0.3 is 10.6 Å². The van der Waals surface area contributed by atoms with Gasteiger partial charge in [-0.1, -0.05) is 6.42 Å². The van der Waals surface area contributed by atoms with Crippen LogP contribution in [0.4, 0.5) is 0 Å². The molecule has 0 saturated carbocycles. The Kier molecular flexibility index (Phi) is 3.91. The van der Waals surface area contributed by atoms with Crippen LogP contribution in [0.5, 0.6) is 0 Å². The SMILES string of the molecule is CC1CCCCN1CCC(C)(N)C#N. The molecule has 1 fully saturated rings. The van der Waals surface area contributed by atoms with Crippen LogP contribution in [0, 0.1) is 11.3 Å². The third kappa shape index (κ3) is 3.28. The smallest absolute Gasteiger partial charge is 0.102 e. The average Bonchev–Trinajstić information content (AvgIpc) is 2.17. The molecule has 1 rings (SSSR count). The highest BCUT2D eigenvalue weighted by molar-refractivity contribution is 5.01. The Balaban J connectivity index is 2.33. The van der Waals surface area contributed by atoms with Crippen molar-refractivity contribution in [3.63, 3.8) is 0 Å². The highest BCUT2D eigenvalue weighted by Crippen LogP contribution is 2.17. The Morgan fingerprint density at radius 2 is 2.29 bits per heavy atom. The quantitative estimate of drug-likeness (QED) is 0.742. The van der Waals surface area contributed by atoms with Crippen LogP contribution in [-0.2, 0) is 0 Å². The third-order valence-electron chi connectivity index (χ3n) is 3.11. The minimum Gasteiger partial charge on any atom is -0.314 e. The second kappa shape index (κ2) is 4.77. The Hall–Kier alpha value is -0.590. The van der Waals surface area contributed by atoms with Crippen LogP contribution in [0.2, 0.25) is 0 Å². The Bertz CT molecular complexity index is 217. The van der Waals surface area contributed by atoms with Gasteiger partial charge in [-0.05, 0) is 39.7 Å². The van der Waals surface area contributed by atoms with E-state index in [2.05, 4.69) is 17.9 Å². The van der Waals surface area contributed by atoms with E-state index in [0.29, 0.717) is 6.04 Å². The molecular weight excluding hydrogens is 174 g/mol. The first-order valence-corrected chi connectivity index (χ1v) is 5.49. The van der Waals surface area contributed by atoms with Crippen molar-refractivity contribution in [3.05, 3.63) is 0 Å². The van der Waals surface area contributed by atoms with Crippen molar-refractivity contribution in [3.8, 4) is 6.07 Å². The summed E-state index contributed by atoms with van der Waals surface area (Å²) in [6, 6.07) is 2.81. The molecule has 0 aromatic carbocycles. The summed E-state index contributed by atoms with van der Waals surface area (Å²) < 4.78 is 0. The summed E-state index contributed by atoms with van der Waals surface area (Å²) in [5.41, 5.74) is 5.14. The molecule has 14 heavy (non-hydrogen) atoms. The van der Waals surface area contributed by atoms with E-state index in [1.54, 1.807) is 0 Å². The number of hydrogen-bond donors (Lipinski definition) is 1. The fourth-order valence-corrected chi connectivity index (χ4v) is 1.92. The highest BCUT2D eigenvalue weighted by Gasteiger charge is 2.22. The molecular formula is C11H21N3. The molecule has 1 aliphatic heterocycles. The van der Waals surface area contributed by atoms with E-state index in [4.69, 9.17) is 11.0 Å². The predicted molar refractivity (Wildman–Crippen MR) is 57.7 cm³/mol. The molecule has 3 nitrogen and oxygen atoms in total. The molecule has 2 unspecified atom stereocenters. The van der Waals surface area contributed by atoms with Gasteiger partial charge in [0.2, 0.25) is 0 Å². The fourth-order valence-electron chi connectivity index (χ4n) is 1.92. The zero-order valence-corrected chi connectivity index (χ0v) is 9.29. The lowest BCUT2D eigenvalue weighted by Gasteiger charge is -2.34. The van der Waals surface area contributed by atoms with E-state index in [1.807, 2.05) is 6.92 Å². The first-order chi connectivity index (χ1) is 6.55. The third-order valence-corrected chi connectivity index (χ3v) is 3.11. The number of hydrogen-bond acceptors (Lipinski definition) is 3. The summed E-state index contributed by atoms with van der Waals surface area (Å²) in [6.45, 7) is 6.20. The second-order valence-electron chi connectivity index (χ2n) is 4.66. The van der Waals surface area contributed by atoms with Crippen molar-refractivity contribution in [2.75, 3.05) is 13.1 Å². The molecule has 3 heteroatoms. The van der Waals surface area contributed by atoms with Crippen molar-refractivity contribution in [1.29, 1.82) is 5.26 Å². The number of rotatable bonds is 3. The van der Waals surface area contributed by atoms with Crippen molar-refractivity contribution in [2.24, 2.45) is 5.73 Å². The predicted octanol–water partition coefficient (Wildman–Crippen LogP) is 1.49. The van der Waals surface area contributed by atoms with Crippen LogP contribution in [0.15, 0.2) is 0 Å². The average molecular weight is 195 g/mol. The maximum absolute atomic E-state index is 8.80. The van der Waals surface area contributed by atoms with Gasteiger partial charge in [0.05, 0.1) is 6.07 Å². The van der Waals surface area contributed by atoms with E-state index in [9.17, 15) is 0 Å². The minimum atomic E-state index is -0.656. The van der Waals surface area contributed by atoms with Crippen molar-refractivity contribution >= 4 is 0 Å². The van der Waals surface area contributed by atoms with Gasteiger partial charge >= 0.3 is 0 Å². The molecule has 2 N–H and O–H groups in total. The molecule has 1 heterocycles. The molecule has 0 aromatic heterocycles. The topological polar surface area (TPSA) is 53.0 Å². The number of nitriles is 1. The summed E-state index contributed by atoms with van der Waals surface area (Å²) >= 11 is 0. The maximum atomic E-state index is 8.80. The standard InChI is InChI=1S/C11H21N3/c1-10-5-3-4-7-14(10)8-6-11(2,13)9-12/h10H,3-8,13H2,1-2H3. The first-order valence-electron chi connectivity index (χ1n) is 5.49. The van der Waals surface area contributed by atoms with E-state index in [1.165, 1.54) is 25.8 Å². The van der Waals surface area contributed by atoms with Crippen LogP contribution in [0.1, 0.15) is 39.5 Å². The van der Waals surface area contributed by atoms with Gasteiger partial charge in [-0.2, -0.15) is 5.26 Å². The monoisotopic (exact) mass is 195 g/mol. The lowest BCUT2D eigenvalue weighted by molar-refractivity contribution is 0.152. The second-order valence-corrected chi connectivity index (χ2v) is 4.66. The van der Waals surface area contributed by atoms with Gasteiger partial charge in [-0.3, -0.25) is 0 Å². The normalized spacial score (nSPS) is 28.0. The van der Waals surface area contributed by atoms with Crippen molar-refractivity contribution in [2.45, 2.75) is 51.1 Å². The number of nitrogens with zero attached hydrogens (tertiary/aromatic N) is 2. The molecule has 0 bridgehead atoms. The molecule has 80 valence electrons. The molecule has 0 radical (unpaired) electrons. The van der Waals surface area contributed by atoms with Gasteiger partial charge in [0.15, 0.2) is 0 Å². The molecule has 0 aliphatic carbocycles. The van der Waals surface area contributed by atoms with E-state index >= 15 is 0 Å². The molecule has 1 aliphatic rings. The highest BCUT2D eigenvalue weighted by atomic mass is 15.2. The fraction of sp³-hybridized carbons (Fsp3) is 0.909. The Morgan fingerprint density at radius 1 is 1.57 bits per heavy atom. The maximum Gasteiger partial charge on any atom is 0.102 e. The lowest BCUT2D eigenvalue weighted by Crippen LogP contribution is -2.43. The zero-order chi connectivity index (χ0) is 10.6. The number of nitrogens with two attached hydrogens (primary N) is 1. The van der Waals surface area contributed by atoms with Crippen molar-refractivity contribution in [1.82, 2.24) is 4.90 Å². The summed E-state index contributed by atoms with van der Waals surface area (Å²) in [5, 5.41) is 8.80. The van der Waals surface area contributed by atoms with Crippen LogP contribution in [0.25, 0.3) is 0 Å². The summed E-state index contributed by atoms with van der Waals surface area (Å²) in [5.74, 6) is 0. The minimum absolute atomic E-state index is 0.656. The van der Waals surface area contributed by atoms with E-state index < -0.39 is 5.54 Å². The van der Waals surface area contributed by atoms with E-state index in [-0.39, 0.29) is 0 Å². The Labute approximate surface area is 86.9 Å². The molecule has 2 atom stereocenters. The van der Waals surface area contributed by atoms with Gasteiger partial charge in [0.25, 0.3) is 0 Å². The summed E-state index contributed by atoms with van der Waals surface area (Å²) in [6.07, 6.45) is 4.69.